The Balaban J connectivity index is 1.78. The van der Waals surface area contributed by atoms with Crippen molar-refractivity contribution < 1.29 is 9.59 Å². The first-order valence-corrected chi connectivity index (χ1v) is 11.4. The number of hydrogen-bond acceptors (Lipinski definition) is 3. The Hall–Kier alpha value is -2.63. The van der Waals surface area contributed by atoms with Crippen LogP contribution in [0.4, 0.5) is 5.69 Å². The summed E-state index contributed by atoms with van der Waals surface area (Å²) in [6.45, 7) is 10.4. The van der Waals surface area contributed by atoms with E-state index in [-0.39, 0.29) is 23.3 Å². The minimum Gasteiger partial charge on any atom is -0.351 e. The van der Waals surface area contributed by atoms with Gasteiger partial charge in [0, 0.05) is 17.1 Å². The number of nitrogens with one attached hydrogen (secondary N) is 1. The third-order valence-electron chi connectivity index (χ3n) is 6.71. The smallest absolute Gasteiger partial charge is 0.277 e. The monoisotopic (exact) mass is 422 g/mol. The Morgan fingerprint density at radius 2 is 1.84 bits per heavy atom. The summed E-state index contributed by atoms with van der Waals surface area (Å²) in [5.74, 6) is -0.278. The molecule has 1 saturated carbocycles. The molecule has 6 heteroatoms. The Morgan fingerprint density at radius 3 is 2.48 bits per heavy atom. The van der Waals surface area contributed by atoms with E-state index in [1.165, 1.54) is 6.42 Å². The Labute approximate surface area is 185 Å². The summed E-state index contributed by atoms with van der Waals surface area (Å²) in [7, 11) is 0. The second kappa shape index (κ2) is 7.81. The van der Waals surface area contributed by atoms with Crippen LogP contribution in [0.25, 0.3) is 0 Å². The zero-order valence-corrected chi connectivity index (χ0v) is 19.4. The van der Waals surface area contributed by atoms with E-state index < -0.39 is 5.54 Å². The van der Waals surface area contributed by atoms with E-state index in [0.717, 1.165) is 42.6 Å². The van der Waals surface area contributed by atoms with Gasteiger partial charge in [-0.25, -0.2) is 0 Å². The molecule has 2 heterocycles. The van der Waals surface area contributed by atoms with Gasteiger partial charge in [0.05, 0.1) is 12.2 Å². The Morgan fingerprint density at radius 1 is 1.16 bits per heavy atom. The highest BCUT2D eigenvalue weighted by atomic mass is 16.2. The van der Waals surface area contributed by atoms with Crippen molar-refractivity contribution in [3.05, 3.63) is 47.3 Å². The lowest BCUT2D eigenvalue weighted by atomic mass is 9.90. The lowest BCUT2D eigenvalue weighted by Crippen LogP contribution is -2.65. The van der Waals surface area contributed by atoms with Crippen molar-refractivity contribution in [2.24, 2.45) is 0 Å². The van der Waals surface area contributed by atoms with Crippen molar-refractivity contribution in [1.29, 1.82) is 0 Å². The van der Waals surface area contributed by atoms with Crippen LogP contribution in [0.5, 0.6) is 0 Å². The normalized spacial score (nSPS) is 22.4. The number of fused-ring (bicyclic) bond motifs is 1. The van der Waals surface area contributed by atoms with Crippen LogP contribution in [-0.2, 0) is 16.8 Å². The van der Waals surface area contributed by atoms with Crippen molar-refractivity contribution in [2.75, 3.05) is 4.90 Å². The number of aromatic nitrogens is 2. The second-order valence-corrected chi connectivity index (χ2v) is 10.3. The molecule has 0 spiro atoms. The largest absolute Gasteiger partial charge is 0.351 e. The number of carbonyl (C=O) groups excluding carboxylic acids is 2. The van der Waals surface area contributed by atoms with Crippen LogP contribution in [0.2, 0.25) is 0 Å². The number of carbonyl (C=O) groups is 2. The first kappa shape index (κ1) is 21.6. The maximum atomic E-state index is 13.8. The lowest BCUT2D eigenvalue weighted by Gasteiger charge is -2.44. The molecular formula is C25H34N4O2. The summed E-state index contributed by atoms with van der Waals surface area (Å²) in [6.07, 6.45) is 5.51. The highest BCUT2D eigenvalue weighted by Crippen LogP contribution is 2.36. The lowest BCUT2D eigenvalue weighted by molar-refractivity contribution is -0.127. The molecule has 31 heavy (non-hydrogen) atoms. The summed E-state index contributed by atoms with van der Waals surface area (Å²) in [5.41, 5.74) is 1.90. The number of para-hydroxylation sites is 1. The molecule has 1 fully saturated rings. The minimum absolute atomic E-state index is 0.102. The van der Waals surface area contributed by atoms with Gasteiger partial charge in [-0.2, -0.15) is 5.10 Å². The van der Waals surface area contributed by atoms with E-state index in [1.807, 2.05) is 44.2 Å². The van der Waals surface area contributed by atoms with Crippen LogP contribution in [0.15, 0.2) is 30.3 Å². The fraction of sp³-hybridized carbons (Fsp3) is 0.560. The Bertz CT molecular complexity index is 997. The molecule has 1 aliphatic heterocycles. The molecule has 0 saturated heterocycles. The minimum atomic E-state index is -1.06. The Kier molecular flexibility index (Phi) is 5.44. The number of amides is 2. The highest BCUT2D eigenvalue weighted by molar-refractivity contribution is 6.12. The van der Waals surface area contributed by atoms with Crippen molar-refractivity contribution in [3.63, 3.8) is 0 Å². The van der Waals surface area contributed by atoms with Gasteiger partial charge in [-0.3, -0.25) is 19.2 Å². The SMILES string of the molecule is Cc1ccccc1N1C(=O)c2cc(C(C)(C)C)nn2C[C@]1(C)C(=O)NC1CCCCC1. The molecule has 2 aliphatic rings. The van der Waals surface area contributed by atoms with Gasteiger partial charge in [-0.05, 0) is 44.4 Å². The summed E-state index contributed by atoms with van der Waals surface area (Å²) in [4.78, 5) is 29.2. The third kappa shape index (κ3) is 3.88. The van der Waals surface area contributed by atoms with Crippen LogP contribution in [-0.4, -0.2) is 33.2 Å². The van der Waals surface area contributed by atoms with E-state index in [2.05, 4.69) is 26.1 Å². The fourth-order valence-electron chi connectivity index (χ4n) is 4.73. The molecular weight excluding hydrogens is 388 g/mol. The summed E-state index contributed by atoms with van der Waals surface area (Å²) >= 11 is 0. The summed E-state index contributed by atoms with van der Waals surface area (Å²) in [6, 6.07) is 9.84. The zero-order valence-electron chi connectivity index (χ0n) is 19.4. The van der Waals surface area contributed by atoms with Gasteiger partial charge in [0.25, 0.3) is 5.91 Å². The quantitative estimate of drug-likeness (QED) is 0.799. The molecule has 166 valence electrons. The van der Waals surface area contributed by atoms with Crippen LogP contribution < -0.4 is 10.2 Å². The standard InChI is InChI=1S/C25H34N4O2/c1-17-11-9-10-14-19(17)29-22(30)20-15-21(24(2,3)4)27-28(20)16-25(29,5)23(31)26-18-12-7-6-8-13-18/h9-11,14-15,18H,6-8,12-13,16H2,1-5H3,(H,26,31)/t25-/m1/s1. The molecule has 6 nitrogen and oxygen atoms in total. The zero-order chi connectivity index (χ0) is 22.4. The molecule has 1 atom stereocenters. The van der Waals surface area contributed by atoms with Gasteiger partial charge in [0.1, 0.15) is 11.2 Å². The number of hydrogen-bond donors (Lipinski definition) is 1. The van der Waals surface area contributed by atoms with Crippen molar-refractivity contribution in [3.8, 4) is 0 Å². The summed E-state index contributed by atoms with van der Waals surface area (Å²) in [5, 5.41) is 8.00. The topological polar surface area (TPSA) is 67.2 Å². The van der Waals surface area contributed by atoms with Crippen molar-refractivity contribution in [1.82, 2.24) is 15.1 Å². The number of benzene rings is 1. The molecule has 1 aliphatic carbocycles. The van der Waals surface area contributed by atoms with Crippen molar-refractivity contribution in [2.45, 2.75) is 90.3 Å². The molecule has 0 bridgehead atoms. The number of aryl methyl sites for hydroxylation is 1. The van der Waals surface area contributed by atoms with Crippen LogP contribution in [0.1, 0.15) is 81.5 Å². The van der Waals surface area contributed by atoms with Gasteiger partial charge in [-0.1, -0.05) is 58.2 Å². The van der Waals surface area contributed by atoms with Gasteiger partial charge < -0.3 is 5.32 Å². The second-order valence-electron chi connectivity index (χ2n) is 10.3. The molecule has 0 radical (unpaired) electrons. The molecule has 1 aromatic carbocycles. The number of rotatable bonds is 3. The van der Waals surface area contributed by atoms with Crippen molar-refractivity contribution >= 4 is 17.5 Å². The third-order valence-corrected chi connectivity index (χ3v) is 6.71. The van der Waals surface area contributed by atoms with E-state index in [0.29, 0.717) is 12.2 Å². The maximum Gasteiger partial charge on any atom is 0.277 e. The highest BCUT2D eigenvalue weighted by Gasteiger charge is 2.49. The van der Waals surface area contributed by atoms with Crippen LogP contribution in [0.3, 0.4) is 0 Å². The number of nitrogens with zero attached hydrogens (tertiary/aromatic N) is 3. The molecule has 1 N–H and O–H groups in total. The van der Waals surface area contributed by atoms with E-state index in [4.69, 9.17) is 5.10 Å². The molecule has 0 unspecified atom stereocenters. The van der Waals surface area contributed by atoms with Gasteiger partial charge in [-0.15, -0.1) is 0 Å². The van der Waals surface area contributed by atoms with Gasteiger partial charge >= 0.3 is 0 Å². The average Bonchev–Trinajstić information content (AvgIpc) is 3.15. The molecule has 1 aromatic heterocycles. The first-order valence-electron chi connectivity index (χ1n) is 11.4. The predicted octanol–water partition coefficient (Wildman–Crippen LogP) is 4.36. The fourth-order valence-corrected chi connectivity index (χ4v) is 4.73. The van der Waals surface area contributed by atoms with Gasteiger partial charge in [0.2, 0.25) is 5.91 Å². The van der Waals surface area contributed by atoms with Crippen LogP contribution >= 0.6 is 0 Å². The first-order chi connectivity index (χ1) is 14.6. The van der Waals surface area contributed by atoms with Crippen LogP contribution in [0, 0.1) is 6.92 Å². The maximum absolute atomic E-state index is 13.8. The average molecular weight is 423 g/mol. The van der Waals surface area contributed by atoms with E-state index in [1.54, 1.807) is 9.58 Å². The van der Waals surface area contributed by atoms with E-state index >= 15 is 0 Å². The molecule has 2 aromatic rings. The van der Waals surface area contributed by atoms with E-state index in [9.17, 15) is 9.59 Å². The van der Waals surface area contributed by atoms with Gasteiger partial charge in [0.15, 0.2) is 0 Å². The summed E-state index contributed by atoms with van der Waals surface area (Å²) < 4.78 is 1.73. The molecule has 4 rings (SSSR count). The predicted molar refractivity (Wildman–Crippen MR) is 122 cm³/mol. The number of anilines is 1. The molecule has 2 amide bonds.